The number of nitrogens with one attached hydrogen (secondary N) is 1. The summed E-state index contributed by atoms with van der Waals surface area (Å²) in [5.74, 6) is 1.12. The fourth-order valence-electron chi connectivity index (χ4n) is 3.48. The molecule has 0 atom stereocenters. The SMILES string of the molecule is Cc1cnc(CNC(=O)c2cc(-c3cnc(-c4cccnc4)nc3)cn2CC2CC2)cn1. The molecule has 8 heteroatoms. The van der Waals surface area contributed by atoms with Gasteiger partial charge in [0.25, 0.3) is 5.91 Å². The lowest BCUT2D eigenvalue weighted by Crippen LogP contribution is -2.26. The number of carbonyl (C=O) groups is 1. The summed E-state index contributed by atoms with van der Waals surface area (Å²) in [5, 5.41) is 2.96. The Bertz CT molecular complexity index is 1210. The Balaban J connectivity index is 1.36. The summed E-state index contributed by atoms with van der Waals surface area (Å²) in [7, 11) is 0. The van der Waals surface area contributed by atoms with E-state index in [9.17, 15) is 4.79 Å². The van der Waals surface area contributed by atoms with Gasteiger partial charge in [-0.05, 0) is 43.9 Å². The summed E-state index contributed by atoms with van der Waals surface area (Å²) >= 11 is 0. The van der Waals surface area contributed by atoms with E-state index in [1.807, 2.05) is 35.9 Å². The number of nitrogens with zero attached hydrogens (tertiary/aromatic N) is 6. The predicted molar refractivity (Wildman–Crippen MR) is 119 cm³/mol. The molecule has 1 aliphatic rings. The molecule has 1 fully saturated rings. The number of hydrogen-bond donors (Lipinski definition) is 1. The van der Waals surface area contributed by atoms with E-state index < -0.39 is 0 Å². The van der Waals surface area contributed by atoms with E-state index in [1.165, 1.54) is 12.8 Å². The van der Waals surface area contributed by atoms with E-state index in [0.29, 0.717) is 24.0 Å². The largest absolute Gasteiger partial charge is 0.345 e. The third-order valence-electron chi connectivity index (χ3n) is 5.45. The summed E-state index contributed by atoms with van der Waals surface area (Å²) in [6.07, 6.45) is 14.8. The zero-order valence-corrected chi connectivity index (χ0v) is 17.8. The van der Waals surface area contributed by atoms with Crippen molar-refractivity contribution in [1.82, 2.24) is 34.8 Å². The molecule has 32 heavy (non-hydrogen) atoms. The van der Waals surface area contributed by atoms with E-state index in [4.69, 9.17) is 0 Å². The molecule has 1 saturated carbocycles. The standard InChI is InChI=1S/C24H23N7O/c1-16-8-27-21(12-26-16)13-30-24(32)22-7-19(15-31(22)14-17-4-5-17)20-10-28-23(29-11-20)18-3-2-6-25-9-18/h2-3,6-12,15,17H,4-5,13-14H2,1H3,(H,30,32). The van der Waals surface area contributed by atoms with E-state index in [-0.39, 0.29) is 5.91 Å². The highest BCUT2D eigenvalue weighted by Crippen LogP contribution is 2.32. The summed E-state index contributed by atoms with van der Waals surface area (Å²) in [6, 6.07) is 5.69. The lowest BCUT2D eigenvalue weighted by molar-refractivity contribution is 0.0940. The minimum absolute atomic E-state index is 0.132. The highest BCUT2D eigenvalue weighted by atomic mass is 16.1. The molecule has 0 aliphatic heterocycles. The van der Waals surface area contributed by atoms with Crippen LogP contribution in [0.3, 0.4) is 0 Å². The summed E-state index contributed by atoms with van der Waals surface area (Å²) < 4.78 is 2.04. The Morgan fingerprint density at radius 1 is 1.03 bits per heavy atom. The molecule has 4 aromatic heterocycles. The van der Waals surface area contributed by atoms with Gasteiger partial charge in [0.15, 0.2) is 5.82 Å². The van der Waals surface area contributed by atoms with Crippen LogP contribution in [0.25, 0.3) is 22.5 Å². The van der Waals surface area contributed by atoms with Crippen LogP contribution in [0.1, 0.15) is 34.7 Å². The van der Waals surface area contributed by atoms with Gasteiger partial charge in [0.1, 0.15) is 5.69 Å². The Labute approximate surface area is 185 Å². The first-order chi connectivity index (χ1) is 15.7. The molecule has 0 unspecified atom stereocenters. The average molecular weight is 425 g/mol. The number of carbonyl (C=O) groups excluding carboxylic acids is 1. The minimum Gasteiger partial charge on any atom is -0.345 e. The Morgan fingerprint density at radius 2 is 1.88 bits per heavy atom. The number of rotatable bonds is 7. The van der Waals surface area contributed by atoms with Crippen molar-refractivity contribution in [2.75, 3.05) is 0 Å². The second-order valence-corrected chi connectivity index (χ2v) is 8.08. The van der Waals surface area contributed by atoms with Gasteiger partial charge in [-0.2, -0.15) is 0 Å². The van der Waals surface area contributed by atoms with E-state index in [0.717, 1.165) is 34.6 Å². The first-order valence-corrected chi connectivity index (χ1v) is 10.6. The van der Waals surface area contributed by atoms with Crippen molar-refractivity contribution in [1.29, 1.82) is 0 Å². The number of aryl methyl sites for hydroxylation is 1. The second kappa shape index (κ2) is 8.66. The quantitative estimate of drug-likeness (QED) is 0.487. The number of aromatic nitrogens is 6. The lowest BCUT2D eigenvalue weighted by Gasteiger charge is -2.09. The summed E-state index contributed by atoms with van der Waals surface area (Å²) in [4.78, 5) is 34.6. The first kappa shape index (κ1) is 20.0. The molecule has 0 radical (unpaired) electrons. The van der Waals surface area contributed by atoms with E-state index >= 15 is 0 Å². The van der Waals surface area contributed by atoms with Crippen molar-refractivity contribution in [2.24, 2.45) is 5.92 Å². The Kier molecular flexibility index (Phi) is 5.41. The molecule has 0 spiro atoms. The average Bonchev–Trinajstić information content (AvgIpc) is 3.55. The van der Waals surface area contributed by atoms with E-state index in [2.05, 4.69) is 30.2 Å². The molecule has 160 valence electrons. The molecular weight excluding hydrogens is 402 g/mol. The number of hydrogen-bond acceptors (Lipinski definition) is 6. The molecule has 1 aliphatic carbocycles. The molecule has 1 N–H and O–H groups in total. The number of amides is 1. The van der Waals surface area contributed by atoms with Gasteiger partial charge in [-0.15, -0.1) is 0 Å². The van der Waals surface area contributed by atoms with Crippen molar-refractivity contribution < 1.29 is 4.79 Å². The third kappa shape index (κ3) is 4.54. The van der Waals surface area contributed by atoms with Crippen molar-refractivity contribution in [3.8, 4) is 22.5 Å². The lowest BCUT2D eigenvalue weighted by atomic mass is 10.1. The van der Waals surface area contributed by atoms with Crippen molar-refractivity contribution >= 4 is 5.91 Å². The van der Waals surface area contributed by atoms with Gasteiger partial charge in [-0.1, -0.05) is 0 Å². The van der Waals surface area contributed by atoms with Gasteiger partial charge < -0.3 is 9.88 Å². The topological polar surface area (TPSA) is 98.5 Å². The van der Waals surface area contributed by atoms with Crippen LogP contribution in [-0.2, 0) is 13.1 Å². The fraction of sp³-hybridized carbons (Fsp3) is 0.250. The minimum atomic E-state index is -0.132. The molecule has 5 rings (SSSR count). The van der Waals surface area contributed by atoms with Gasteiger partial charge in [-0.25, -0.2) is 9.97 Å². The van der Waals surface area contributed by atoms with Crippen LogP contribution in [0.4, 0.5) is 0 Å². The molecule has 0 aromatic carbocycles. The maximum Gasteiger partial charge on any atom is 0.268 e. The third-order valence-corrected chi connectivity index (χ3v) is 5.45. The van der Waals surface area contributed by atoms with Crippen LogP contribution in [0, 0.1) is 12.8 Å². The zero-order chi connectivity index (χ0) is 21.9. The van der Waals surface area contributed by atoms with Crippen LogP contribution in [-0.4, -0.2) is 35.4 Å². The first-order valence-electron chi connectivity index (χ1n) is 10.6. The van der Waals surface area contributed by atoms with Gasteiger partial charge in [0.05, 0.1) is 24.1 Å². The molecule has 0 saturated heterocycles. The van der Waals surface area contributed by atoms with Gasteiger partial charge >= 0.3 is 0 Å². The molecular formula is C24H23N7O. The van der Waals surface area contributed by atoms with Crippen LogP contribution in [0.5, 0.6) is 0 Å². The second-order valence-electron chi connectivity index (χ2n) is 8.08. The van der Waals surface area contributed by atoms with Crippen LogP contribution < -0.4 is 5.32 Å². The Hall–Kier alpha value is -3.94. The monoisotopic (exact) mass is 425 g/mol. The van der Waals surface area contributed by atoms with Crippen LogP contribution in [0.15, 0.2) is 61.6 Å². The van der Waals surface area contributed by atoms with Crippen LogP contribution in [0.2, 0.25) is 0 Å². The molecule has 4 heterocycles. The van der Waals surface area contributed by atoms with Gasteiger partial charge in [-0.3, -0.25) is 19.7 Å². The molecule has 4 aromatic rings. The molecule has 0 bridgehead atoms. The maximum absolute atomic E-state index is 13.0. The van der Waals surface area contributed by atoms with Gasteiger partial charge in [0.2, 0.25) is 0 Å². The van der Waals surface area contributed by atoms with Crippen molar-refractivity contribution in [3.05, 3.63) is 78.7 Å². The van der Waals surface area contributed by atoms with Crippen molar-refractivity contribution in [3.63, 3.8) is 0 Å². The highest BCUT2D eigenvalue weighted by Gasteiger charge is 2.24. The van der Waals surface area contributed by atoms with E-state index in [1.54, 1.807) is 37.2 Å². The maximum atomic E-state index is 13.0. The highest BCUT2D eigenvalue weighted by molar-refractivity contribution is 5.94. The normalized spacial score (nSPS) is 13.2. The number of pyridine rings is 1. The summed E-state index contributed by atoms with van der Waals surface area (Å²) in [5.41, 5.74) is 4.85. The molecule has 1 amide bonds. The fourth-order valence-corrected chi connectivity index (χ4v) is 3.48. The van der Waals surface area contributed by atoms with Crippen molar-refractivity contribution in [2.45, 2.75) is 32.9 Å². The Morgan fingerprint density at radius 3 is 2.56 bits per heavy atom. The zero-order valence-electron chi connectivity index (χ0n) is 17.8. The van der Waals surface area contributed by atoms with Gasteiger partial charge in [0, 0.05) is 60.4 Å². The molecule has 8 nitrogen and oxygen atoms in total. The smallest absolute Gasteiger partial charge is 0.268 e. The summed E-state index contributed by atoms with van der Waals surface area (Å²) in [6.45, 7) is 3.05. The predicted octanol–water partition coefficient (Wildman–Crippen LogP) is 3.45. The van der Waals surface area contributed by atoms with Crippen LogP contribution >= 0.6 is 0 Å².